The van der Waals surface area contributed by atoms with Gasteiger partial charge >= 0.3 is 5.82 Å². The molecular weight excluding hydrogens is 268 g/mol. The van der Waals surface area contributed by atoms with Crippen molar-refractivity contribution in [2.45, 2.75) is 27.3 Å². The third-order valence-corrected chi connectivity index (χ3v) is 3.89. The highest BCUT2D eigenvalue weighted by atomic mass is 32.2. The molecule has 0 bridgehead atoms. The maximum Gasteiger partial charge on any atom is 0.381 e. The molecule has 1 N–H and O–H groups in total. The van der Waals surface area contributed by atoms with E-state index in [-0.39, 0.29) is 17.8 Å². The van der Waals surface area contributed by atoms with Crippen LogP contribution < -0.4 is 0 Å². The summed E-state index contributed by atoms with van der Waals surface area (Å²) < 4.78 is 1.62. The molecular formula is C11H18N4O3S. The van der Waals surface area contributed by atoms with E-state index in [1.54, 1.807) is 23.3 Å². The van der Waals surface area contributed by atoms with E-state index in [1.807, 2.05) is 20.1 Å². The molecule has 1 rings (SSSR count). The lowest BCUT2D eigenvalue weighted by atomic mass is 9.89. The van der Waals surface area contributed by atoms with Crippen LogP contribution in [0.2, 0.25) is 0 Å². The van der Waals surface area contributed by atoms with Gasteiger partial charge in [-0.05, 0) is 16.2 Å². The molecule has 0 aromatic carbocycles. The molecule has 7 nitrogen and oxygen atoms in total. The minimum atomic E-state index is -0.535. The Kier molecular flexibility index (Phi) is 4.93. The van der Waals surface area contributed by atoms with Crippen molar-refractivity contribution in [3.05, 3.63) is 22.1 Å². The molecule has 0 saturated heterocycles. The van der Waals surface area contributed by atoms with Crippen LogP contribution in [-0.4, -0.2) is 37.4 Å². The molecule has 1 heterocycles. The van der Waals surface area contributed by atoms with Gasteiger partial charge in [0.25, 0.3) is 0 Å². The van der Waals surface area contributed by atoms with Crippen molar-refractivity contribution in [2.75, 3.05) is 12.0 Å². The number of hydrogen-bond donors (Lipinski definition) is 1. The van der Waals surface area contributed by atoms with Gasteiger partial charge < -0.3 is 19.9 Å². The SMILES string of the molecule is CSCC(C)(C)C(Cn1cc([N+](=O)[O-])nc1C)=NO. The Hall–Kier alpha value is -1.57. The summed E-state index contributed by atoms with van der Waals surface area (Å²) in [4.78, 5) is 14.0. The summed E-state index contributed by atoms with van der Waals surface area (Å²) in [6.45, 7) is 5.92. The van der Waals surface area contributed by atoms with Gasteiger partial charge in [0.1, 0.15) is 6.20 Å². The van der Waals surface area contributed by atoms with Gasteiger partial charge in [0.05, 0.1) is 12.3 Å². The Morgan fingerprint density at radius 2 is 2.32 bits per heavy atom. The monoisotopic (exact) mass is 286 g/mol. The zero-order valence-corrected chi connectivity index (χ0v) is 12.3. The van der Waals surface area contributed by atoms with Gasteiger partial charge in [-0.1, -0.05) is 19.0 Å². The van der Waals surface area contributed by atoms with Crippen LogP contribution in [0.25, 0.3) is 0 Å². The Bertz CT molecular complexity index is 496. The second-order valence-corrected chi connectivity index (χ2v) is 5.76. The van der Waals surface area contributed by atoms with Crippen molar-refractivity contribution in [1.82, 2.24) is 9.55 Å². The van der Waals surface area contributed by atoms with Crippen molar-refractivity contribution in [1.29, 1.82) is 0 Å². The molecule has 0 radical (unpaired) electrons. The lowest BCUT2D eigenvalue weighted by Gasteiger charge is -2.24. The second-order valence-electron chi connectivity index (χ2n) is 4.89. The predicted molar refractivity (Wildman–Crippen MR) is 75.0 cm³/mol. The van der Waals surface area contributed by atoms with Gasteiger partial charge in [-0.25, -0.2) is 0 Å². The van der Waals surface area contributed by atoms with E-state index in [2.05, 4.69) is 10.1 Å². The molecule has 0 atom stereocenters. The number of nitro groups is 1. The van der Waals surface area contributed by atoms with Gasteiger partial charge in [0, 0.05) is 18.1 Å². The third-order valence-electron chi connectivity index (χ3n) is 2.88. The number of hydrogen-bond acceptors (Lipinski definition) is 6. The van der Waals surface area contributed by atoms with Crippen molar-refractivity contribution in [3.63, 3.8) is 0 Å². The minimum absolute atomic E-state index is 0.197. The first-order valence-corrected chi connectivity index (χ1v) is 7.09. The largest absolute Gasteiger partial charge is 0.411 e. The Morgan fingerprint density at radius 1 is 1.68 bits per heavy atom. The van der Waals surface area contributed by atoms with Crippen molar-refractivity contribution in [2.24, 2.45) is 10.6 Å². The summed E-state index contributed by atoms with van der Waals surface area (Å²) in [5.41, 5.74) is 0.275. The normalized spacial score (nSPS) is 12.7. The van der Waals surface area contributed by atoms with Gasteiger partial charge in [-0.15, -0.1) is 0 Å². The molecule has 106 valence electrons. The fourth-order valence-corrected chi connectivity index (χ4v) is 2.61. The molecule has 0 saturated carbocycles. The van der Waals surface area contributed by atoms with E-state index in [9.17, 15) is 10.1 Å². The van der Waals surface area contributed by atoms with Gasteiger partial charge in [0.15, 0.2) is 0 Å². The van der Waals surface area contributed by atoms with Gasteiger partial charge in [-0.2, -0.15) is 11.8 Å². The van der Waals surface area contributed by atoms with Crippen LogP contribution >= 0.6 is 11.8 Å². The average Bonchev–Trinajstić information content (AvgIpc) is 2.67. The van der Waals surface area contributed by atoms with Crippen LogP contribution in [0.4, 0.5) is 5.82 Å². The van der Waals surface area contributed by atoms with Gasteiger partial charge in [0.2, 0.25) is 5.82 Å². The van der Waals surface area contributed by atoms with E-state index in [0.717, 1.165) is 5.75 Å². The standard InChI is InChI=1S/C11H18N4O3S/c1-8-12-10(15(17)18)6-14(8)5-9(13-16)11(2,3)7-19-4/h6,16H,5,7H2,1-4H3. The molecule has 8 heteroatoms. The maximum absolute atomic E-state index is 10.7. The molecule has 1 aromatic heterocycles. The first-order chi connectivity index (χ1) is 8.81. The average molecular weight is 286 g/mol. The summed E-state index contributed by atoms with van der Waals surface area (Å²) in [6.07, 6.45) is 3.33. The lowest BCUT2D eigenvalue weighted by molar-refractivity contribution is -0.389. The highest BCUT2D eigenvalue weighted by Crippen LogP contribution is 2.24. The van der Waals surface area contributed by atoms with E-state index in [4.69, 9.17) is 5.21 Å². The van der Waals surface area contributed by atoms with Crippen molar-refractivity contribution < 1.29 is 10.1 Å². The topological polar surface area (TPSA) is 93.5 Å². The van der Waals surface area contributed by atoms with Crippen LogP contribution in [-0.2, 0) is 6.54 Å². The minimum Gasteiger partial charge on any atom is -0.411 e. The molecule has 0 aliphatic carbocycles. The van der Waals surface area contributed by atoms with Crippen LogP contribution in [0.15, 0.2) is 11.4 Å². The van der Waals surface area contributed by atoms with E-state index in [1.165, 1.54) is 6.20 Å². The molecule has 0 fully saturated rings. The number of nitrogens with zero attached hydrogens (tertiary/aromatic N) is 4. The fraction of sp³-hybridized carbons (Fsp3) is 0.636. The summed E-state index contributed by atoms with van der Waals surface area (Å²) >= 11 is 1.65. The van der Waals surface area contributed by atoms with Crippen LogP contribution in [0.3, 0.4) is 0 Å². The van der Waals surface area contributed by atoms with Crippen LogP contribution in [0.5, 0.6) is 0 Å². The van der Waals surface area contributed by atoms with E-state index in [0.29, 0.717) is 11.5 Å². The molecule has 0 amide bonds. The summed E-state index contributed by atoms with van der Waals surface area (Å²) in [6, 6.07) is 0. The number of oxime groups is 1. The molecule has 0 aliphatic rings. The maximum atomic E-state index is 10.7. The first-order valence-electron chi connectivity index (χ1n) is 5.70. The Morgan fingerprint density at radius 3 is 2.74 bits per heavy atom. The molecule has 0 spiro atoms. The zero-order chi connectivity index (χ0) is 14.6. The summed E-state index contributed by atoms with van der Waals surface area (Å²) in [7, 11) is 0. The van der Waals surface area contributed by atoms with Crippen molar-refractivity contribution in [3.8, 4) is 0 Å². The third kappa shape index (κ3) is 3.69. The number of thioether (sulfide) groups is 1. The molecule has 0 unspecified atom stereocenters. The van der Waals surface area contributed by atoms with Crippen molar-refractivity contribution >= 4 is 23.3 Å². The molecule has 1 aromatic rings. The fourth-order valence-electron chi connectivity index (χ4n) is 1.73. The quantitative estimate of drug-likeness (QED) is 0.375. The number of rotatable bonds is 6. The lowest BCUT2D eigenvalue weighted by Crippen LogP contribution is -2.31. The zero-order valence-electron chi connectivity index (χ0n) is 11.5. The number of imidazole rings is 1. The smallest absolute Gasteiger partial charge is 0.381 e. The highest BCUT2D eigenvalue weighted by Gasteiger charge is 2.27. The second kappa shape index (κ2) is 6.05. The molecule has 19 heavy (non-hydrogen) atoms. The summed E-state index contributed by atoms with van der Waals surface area (Å²) in [5, 5.41) is 23.2. The van der Waals surface area contributed by atoms with Crippen LogP contribution in [0, 0.1) is 22.5 Å². The van der Waals surface area contributed by atoms with E-state index >= 15 is 0 Å². The van der Waals surface area contributed by atoms with Crippen LogP contribution in [0.1, 0.15) is 19.7 Å². The number of aromatic nitrogens is 2. The van der Waals surface area contributed by atoms with Gasteiger partial charge in [-0.3, -0.25) is 0 Å². The molecule has 0 aliphatic heterocycles. The summed E-state index contributed by atoms with van der Waals surface area (Å²) in [5.74, 6) is 1.12. The first kappa shape index (κ1) is 15.5. The predicted octanol–water partition coefficient (Wildman–Crippen LogP) is 2.32. The van der Waals surface area contributed by atoms with E-state index < -0.39 is 4.92 Å². The Balaban J connectivity index is 2.97. The Labute approximate surface area is 115 Å². The number of aryl methyl sites for hydroxylation is 1. The highest BCUT2D eigenvalue weighted by molar-refractivity contribution is 7.98.